The van der Waals surface area contributed by atoms with Gasteiger partial charge in [0.15, 0.2) is 0 Å². The summed E-state index contributed by atoms with van der Waals surface area (Å²) in [5.41, 5.74) is 2.72. The molecule has 1 atom stereocenters. The zero-order chi connectivity index (χ0) is 13.2. The summed E-state index contributed by atoms with van der Waals surface area (Å²) >= 11 is 11.5. The molecule has 19 heavy (non-hydrogen) atoms. The highest BCUT2D eigenvalue weighted by molar-refractivity contribution is 9.11. The van der Waals surface area contributed by atoms with Crippen molar-refractivity contribution in [2.24, 2.45) is 0 Å². The molecule has 0 aliphatic heterocycles. The molecule has 1 nitrogen and oxygen atoms in total. The molecule has 0 fully saturated rings. The third-order valence-electron chi connectivity index (χ3n) is 3.53. The van der Waals surface area contributed by atoms with E-state index in [2.05, 4.69) is 33.4 Å². The van der Waals surface area contributed by atoms with Gasteiger partial charge in [0.25, 0.3) is 0 Å². The fraction of sp³-hybridized carbons (Fsp3) is 0.333. The third-order valence-corrected chi connectivity index (χ3v) is 5.47. The lowest BCUT2D eigenvalue weighted by atomic mass is 9.94. The van der Waals surface area contributed by atoms with Crippen molar-refractivity contribution in [1.29, 1.82) is 0 Å². The van der Waals surface area contributed by atoms with E-state index in [1.54, 1.807) is 0 Å². The van der Waals surface area contributed by atoms with Gasteiger partial charge in [-0.3, -0.25) is 0 Å². The van der Waals surface area contributed by atoms with E-state index in [-0.39, 0.29) is 0 Å². The van der Waals surface area contributed by atoms with Crippen molar-refractivity contribution in [2.75, 3.05) is 0 Å². The molecule has 1 aliphatic rings. The highest BCUT2D eigenvalue weighted by Crippen LogP contribution is 2.38. The predicted octanol–water partition coefficient (Wildman–Crippen LogP) is 5.33. The maximum Gasteiger partial charge on any atom is 0.0704 e. The van der Waals surface area contributed by atoms with Crippen LogP contribution in [0.5, 0.6) is 0 Å². The molecule has 4 heteroatoms. The minimum atomic E-state index is 0.477. The number of aryl methyl sites for hydroxylation is 1. The maximum absolute atomic E-state index is 6.02. The SMILES string of the molecule is Clc1cccc(CNC2CCCc3sc(Br)cc32)c1. The van der Waals surface area contributed by atoms with E-state index in [1.807, 2.05) is 29.5 Å². The zero-order valence-corrected chi connectivity index (χ0v) is 13.6. The van der Waals surface area contributed by atoms with Crippen molar-refractivity contribution in [2.45, 2.75) is 31.8 Å². The summed E-state index contributed by atoms with van der Waals surface area (Å²) in [6.07, 6.45) is 3.71. The maximum atomic E-state index is 6.02. The van der Waals surface area contributed by atoms with Crippen molar-refractivity contribution in [3.05, 3.63) is 55.1 Å². The van der Waals surface area contributed by atoms with E-state index < -0.39 is 0 Å². The first-order chi connectivity index (χ1) is 9.22. The second kappa shape index (κ2) is 5.96. The highest BCUT2D eigenvalue weighted by Gasteiger charge is 2.22. The van der Waals surface area contributed by atoms with Crippen molar-refractivity contribution in [1.82, 2.24) is 5.32 Å². The molecule has 1 aromatic heterocycles. The van der Waals surface area contributed by atoms with Crippen LogP contribution in [-0.2, 0) is 13.0 Å². The van der Waals surface area contributed by atoms with Crippen LogP contribution in [0.3, 0.4) is 0 Å². The molecule has 1 aromatic carbocycles. The normalized spacial score (nSPS) is 18.3. The number of fused-ring (bicyclic) bond motifs is 1. The molecule has 3 rings (SSSR count). The van der Waals surface area contributed by atoms with Crippen LogP contribution < -0.4 is 5.32 Å². The second-order valence-corrected chi connectivity index (χ2v) is 7.84. The Kier molecular flexibility index (Phi) is 4.27. The molecular formula is C15H15BrClNS. The quantitative estimate of drug-likeness (QED) is 0.783. The van der Waals surface area contributed by atoms with Crippen LogP contribution in [0.15, 0.2) is 34.1 Å². The Labute approximate surface area is 131 Å². The molecule has 1 heterocycles. The second-order valence-electron chi connectivity index (χ2n) is 4.88. The molecule has 0 bridgehead atoms. The van der Waals surface area contributed by atoms with Crippen LogP contribution >= 0.6 is 38.9 Å². The molecule has 0 radical (unpaired) electrons. The molecule has 1 aliphatic carbocycles. The number of halogens is 2. The van der Waals surface area contributed by atoms with Crippen LogP contribution in [0.2, 0.25) is 5.02 Å². The molecule has 0 spiro atoms. The molecular weight excluding hydrogens is 342 g/mol. The minimum Gasteiger partial charge on any atom is -0.306 e. The van der Waals surface area contributed by atoms with Crippen LogP contribution in [0.1, 0.15) is 34.9 Å². The molecule has 2 aromatic rings. The fourth-order valence-corrected chi connectivity index (χ4v) is 4.65. The summed E-state index contributed by atoms with van der Waals surface area (Å²) < 4.78 is 1.24. The van der Waals surface area contributed by atoms with E-state index in [4.69, 9.17) is 11.6 Å². The van der Waals surface area contributed by atoms with Gasteiger partial charge in [-0.1, -0.05) is 23.7 Å². The van der Waals surface area contributed by atoms with Crippen molar-refractivity contribution in [3.8, 4) is 0 Å². The molecule has 0 amide bonds. The third kappa shape index (κ3) is 3.22. The van der Waals surface area contributed by atoms with Gasteiger partial charge in [0, 0.05) is 22.5 Å². The van der Waals surface area contributed by atoms with Gasteiger partial charge in [0.05, 0.1) is 3.79 Å². The van der Waals surface area contributed by atoms with Crippen LogP contribution in [-0.4, -0.2) is 0 Å². The van der Waals surface area contributed by atoms with Gasteiger partial charge in [-0.15, -0.1) is 11.3 Å². The molecule has 100 valence electrons. The first-order valence-corrected chi connectivity index (χ1v) is 8.47. The van der Waals surface area contributed by atoms with Crippen LogP contribution in [0, 0.1) is 0 Å². The Morgan fingerprint density at radius 3 is 3.11 bits per heavy atom. The molecule has 1 unspecified atom stereocenters. The average Bonchev–Trinajstić information content (AvgIpc) is 2.77. The van der Waals surface area contributed by atoms with Gasteiger partial charge in [0.1, 0.15) is 0 Å². The largest absolute Gasteiger partial charge is 0.306 e. The van der Waals surface area contributed by atoms with Crippen LogP contribution in [0.4, 0.5) is 0 Å². The molecule has 0 saturated carbocycles. The topological polar surface area (TPSA) is 12.0 Å². The number of rotatable bonds is 3. The van der Waals surface area contributed by atoms with E-state index in [9.17, 15) is 0 Å². The van der Waals surface area contributed by atoms with Gasteiger partial charge < -0.3 is 5.32 Å². The smallest absolute Gasteiger partial charge is 0.0704 e. The number of thiophene rings is 1. The summed E-state index contributed by atoms with van der Waals surface area (Å²) in [6.45, 7) is 0.873. The molecule has 0 saturated heterocycles. The monoisotopic (exact) mass is 355 g/mol. The van der Waals surface area contributed by atoms with Crippen molar-refractivity contribution < 1.29 is 0 Å². The summed E-state index contributed by atoms with van der Waals surface area (Å²) in [7, 11) is 0. The van der Waals surface area contributed by atoms with Gasteiger partial charge in [-0.25, -0.2) is 0 Å². The van der Waals surface area contributed by atoms with Crippen molar-refractivity contribution >= 4 is 38.9 Å². The Balaban J connectivity index is 1.71. The first kappa shape index (κ1) is 13.6. The lowest BCUT2D eigenvalue weighted by Crippen LogP contribution is -2.23. The van der Waals surface area contributed by atoms with Gasteiger partial charge in [-0.05, 0) is 64.5 Å². The average molecular weight is 357 g/mol. The minimum absolute atomic E-state index is 0.477. The summed E-state index contributed by atoms with van der Waals surface area (Å²) in [4.78, 5) is 1.53. The Morgan fingerprint density at radius 2 is 2.26 bits per heavy atom. The highest BCUT2D eigenvalue weighted by atomic mass is 79.9. The summed E-state index contributed by atoms with van der Waals surface area (Å²) in [5, 5.41) is 4.47. The first-order valence-electron chi connectivity index (χ1n) is 6.48. The van der Waals surface area contributed by atoms with E-state index in [0.717, 1.165) is 11.6 Å². The predicted molar refractivity (Wildman–Crippen MR) is 86.0 cm³/mol. The number of benzene rings is 1. The van der Waals surface area contributed by atoms with E-state index in [1.165, 1.54) is 39.1 Å². The van der Waals surface area contributed by atoms with Gasteiger partial charge in [-0.2, -0.15) is 0 Å². The summed E-state index contributed by atoms with van der Waals surface area (Å²) in [6, 6.07) is 10.8. The fourth-order valence-electron chi connectivity index (χ4n) is 2.62. The summed E-state index contributed by atoms with van der Waals surface area (Å²) in [5.74, 6) is 0. The number of hydrogen-bond donors (Lipinski definition) is 1. The van der Waals surface area contributed by atoms with E-state index in [0.29, 0.717) is 6.04 Å². The van der Waals surface area contributed by atoms with Gasteiger partial charge in [0.2, 0.25) is 0 Å². The Bertz CT molecular complexity index is 581. The standard InChI is InChI=1S/C15H15BrClNS/c16-15-8-12-13(5-2-6-14(12)19-15)18-9-10-3-1-4-11(17)7-10/h1,3-4,7-8,13,18H,2,5-6,9H2. The zero-order valence-electron chi connectivity index (χ0n) is 10.5. The number of nitrogens with one attached hydrogen (secondary N) is 1. The Morgan fingerprint density at radius 1 is 1.37 bits per heavy atom. The lowest BCUT2D eigenvalue weighted by molar-refractivity contribution is 0.463. The Hall–Kier alpha value is -0.350. The van der Waals surface area contributed by atoms with Gasteiger partial charge >= 0.3 is 0 Å². The number of hydrogen-bond acceptors (Lipinski definition) is 2. The molecule has 1 N–H and O–H groups in total. The lowest BCUT2D eigenvalue weighted by Gasteiger charge is -2.23. The van der Waals surface area contributed by atoms with Crippen LogP contribution in [0.25, 0.3) is 0 Å². The van der Waals surface area contributed by atoms with Crippen molar-refractivity contribution in [3.63, 3.8) is 0 Å². The van der Waals surface area contributed by atoms with E-state index >= 15 is 0 Å².